The molecule has 0 unspecified atom stereocenters. The highest BCUT2D eigenvalue weighted by Gasteiger charge is 2.54. The number of hydrogen-bond acceptors (Lipinski definition) is 4. The number of rotatable bonds is 7. The first kappa shape index (κ1) is 19.9. The number of carbonyl (C=O) groups excluding carboxylic acids is 3. The van der Waals surface area contributed by atoms with Crippen LogP contribution >= 0.6 is 0 Å². The van der Waals surface area contributed by atoms with E-state index < -0.39 is 5.97 Å². The first-order valence-electron chi connectivity index (χ1n) is 10.7. The van der Waals surface area contributed by atoms with Crippen LogP contribution < -0.4 is 10.6 Å². The normalized spacial score (nSPS) is 29.3. The Hall–Kier alpha value is -2.37. The van der Waals surface area contributed by atoms with Crippen molar-refractivity contribution >= 4 is 23.5 Å². The van der Waals surface area contributed by atoms with Crippen molar-refractivity contribution in [1.82, 2.24) is 5.32 Å². The zero-order valence-corrected chi connectivity index (χ0v) is 17.0. The molecule has 0 aromatic heterocycles. The third-order valence-corrected chi connectivity index (χ3v) is 6.98. The minimum atomic E-state index is -0.405. The summed E-state index contributed by atoms with van der Waals surface area (Å²) >= 11 is 0. The number of amides is 2. The van der Waals surface area contributed by atoms with Gasteiger partial charge in [0.2, 0.25) is 11.8 Å². The van der Waals surface area contributed by atoms with Crippen molar-refractivity contribution in [3.05, 3.63) is 29.8 Å². The average Bonchev–Trinajstić information content (AvgIpc) is 2.70. The van der Waals surface area contributed by atoms with Gasteiger partial charge in [-0.1, -0.05) is 0 Å². The van der Waals surface area contributed by atoms with Gasteiger partial charge in [0, 0.05) is 24.1 Å². The monoisotopic (exact) mass is 398 g/mol. The molecule has 6 heteroatoms. The molecule has 1 aromatic rings. The number of esters is 1. The second-order valence-corrected chi connectivity index (χ2v) is 9.17. The molecule has 0 saturated heterocycles. The van der Waals surface area contributed by atoms with E-state index in [1.54, 1.807) is 24.3 Å². The van der Waals surface area contributed by atoms with Gasteiger partial charge in [-0.2, -0.15) is 0 Å². The first-order chi connectivity index (χ1) is 14.0. The summed E-state index contributed by atoms with van der Waals surface area (Å²) in [5.41, 5.74) is 0.955. The second kappa shape index (κ2) is 8.17. The number of hydrogen-bond donors (Lipinski definition) is 2. The lowest BCUT2D eigenvalue weighted by atomic mass is 9.49. The van der Waals surface area contributed by atoms with Crippen molar-refractivity contribution in [2.75, 3.05) is 19.0 Å². The van der Waals surface area contributed by atoms with E-state index in [1.807, 2.05) is 0 Å². The molecule has 29 heavy (non-hydrogen) atoms. The van der Waals surface area contributed by atoms with Crippen LogP contribution in [0.3, 0.4) is 0 Å². The van der Waals surface area contributed by atoms with E-state index in [1.165, 1.54) is 26.4 Å². The first-order valence-corrected chi connectivity index (χ1v) is 10.7. The minimum Gasteiger partial charge on any atom is -0.465 e. The lowest BCUT2D eigenvalue weighted by molar-refractivity contribution is -0.146. The predicted octanol–water partition coefficient (Wildman–Crippen LogP) is 3.52. The summed E-state index contributed by atoms with van der Waals surface area (Å²) in [4.78, 5) is 36.5. The standard InChI is InChI=1S/C23H30N2O4/c1-29-21(27)18-4-6-19(7-5-18)25-20(26)3-2-8-24-22(28)23-12-15-9-16(13-23)11-17(10-15)14-23/h4-7,15-17H,2-3,8-14H2,1H3,(H,24,28)(H,25,26). The molecule has 1 aromatic carbocycles. The van der Waals surface area contributed by atoms with Gasteiger partial charge in [0.05, 0.1) is 12.7 Å². The molecule has 4 aliphatic carbocycles. The van der Waals surface area contributed by atoms with E-state index >= 15 is 0 Å². The second-order valence-electron chi connectivity index (χ2n) is 9.17. The van der Waals surface area contributed by atoms with Crippen molar-refractivity contribution in [3.63, 3.8) is 0 Å². The van der Waals surface area contributed by atoms with E-state index in [9.17, 15) is 14.4 Å². The Morgan fingerprint density at radius 1 is 1.00 bits per heavy atom. The smallest absolute Gasteiger partial charge is 0.337 e. The quantitative estimate of drug-likeness (QED) is 0.544. The van der Waals surface area contributed by atoms with Gasteiger partial charge in [-0.15, -0.1) is 0 Å². The molecule has 4 bridgehead atoms. The SMILES string of the molecule is COC(=O)c1ccc(NC(=O)CCCNC(=O)C23CC4CC(CC(C4)C2)C3)cc1. The Kier molecular flexibility index (Phi) is 5.61. The molecule has 0 heterocycles. The fourth-order valence-corrected chi connectivity index (χ4v) is 6.06. The summed E-state index contributed by atoms with van der Waals surface area (Å²) in [5, 5.41) is 5.93. The van der Waals surface area contributed by atoms with Crippen LogP contribution in [0, 0.1) is 23.2 Å². The van der Waals surface area contributed by atoms with Crippen LogP contribution in [0.4, 0.5) is 5.69 Å². The molecule has 4 aliphatic rings. The summed E-state index contributed by atoms with van der Waals surface area (Å²) in [6, 6.07) is 6.60. The molecule has 4 fully saturated rings. The maximum Gasteiger partial charge on any atom is 0.337 e. The minimum absolute atomic E-state index is 0.0973. The van der Waals surface area contributed by atoms with Gasteiger partial charge in [0.15, 0.2) is 0 Å². The lowest BCUT2D eigenvalue weighted by Crippen LogP contribution is -2.53. The highest BCUT2D eigenvalue weighted by atomic mass is 16.5. The van der Waals surface area contributed by atoms with Gasteiger partial charge in [-0.25, -0.2) is 4.79 Å². The van der Waals surface area contributed by atoms with E-state index in [0.717, 1.165) is 37.0 Å². The van der Waals surface area contributed by atoms with Gasteiger partial charge in [-0.3, -0.25) is 9.59 Å². The maximum atomic E-state index is 12.9. The summed E-state index contributed by atoms with van der Waals surface area (Å²) in [6.07, 6.45) is 8.13. The molecule has 2 amide bonds. The molecule has 0 spiro atoms. The fourth-order valence-electron chi connectivity index (χ4n) is 6.06. The summed E-state index contributed by atoms with van der Waals surface area (Å²) < 4.78 is 4.66. The molecule has 0 aliphatic heterocycles. The molecular formula is C23H30N2O4. The largest absolute Gasteiger partial charge is 0.465 e. The lowest BCUT2D eigenvalue weighted by Gasteiger charge is -2.55. The van der Waals surface area contributed by atoms with Crippen molar-refractivity contribution in [2.24, 2.45) is 23.2 Å². The van der Waals surface area contributed by atoms with Crippen molar-refractivity contribution in [1.29, 1.82) is 0 Å². The number of nitrogens with one attached hydrogen (secondary N) is 2. The average molecular weight is 399 g/mol. The fraction of sp³-hybridized carbons (Fsp3) is 0.609. The van der Waals surface area contributed by atoms with Crippen molar-refractivity contribution < 1.29 is 19.1 Å². The number of benzene rings is 1. The van der Waals surface area contributed by atoms with Crippen molar-refractivity contribution in [2.45, 2.75) is 51.4 Å². The van der Waals surface area contributed by atoms with E-state index in [4.69, 9.17) is 0 Å². The number of methoxy groups -OCH3 is 1. The van der Waals surface area contributed by atoms with Gasteiger partial charge >= 0.3 is 5.97 Å². The van der Waals surface area contributed by atoms with Crippen LogP contribution in [0.2, 0.25) is 0 Å². The topological polar surface area (TPSA) is 84.5 Å². The zero-order chi connectivity index (χ0) is 20.4. The van der Waals surface area contributed by atoms with E-state index in [0.29, 0.717) is 30.6 Å². The van der Waals surface area contributed by atoms with Crippen LogP contribution in [0.15, 0.2) is 24.3 Å². The van der Waals surface area contributed by atoms with Crippen LogP contribution in [0.25, 0.3) is 0 Å². The number of ether oxygens (including phenoxy) is 1. The Morgan fingerprint density at radius 3 is 2.14 bits per heavy atom. The van der Waals surface area contributed by atoms with Crippen LogP contribution in [0.5, 0.6) is 0 Å². The number of carbonyl (C=O) groups is 3. The zero-order valence-electron chi connectivity index (χ0n) is 17.0. The van der Waals surface area contributed by atoms with Crippen LogP contribution in [0.1, 0.15) is 61.7 Å². The van der Waals surface area contributed by atoms with Gasteiger partial charge in [0.25, 0.3) is 0 Å². The third-order valence-electron chi connectivity index (χ3n) is 6.98. The Balaban J connectivity index is 1.19. The Bertz CT molecular complexity index is 751. The molecule has 156 valence electrons. The summed E-state index contributed by atoms with van der Waals surface area (Å²) in [7, 11) is 1.33. The Morgan fingerprint density at radius 2 is 1.59 bits per heavy atom. The van der Waals surface area contributed by atoms with Gasteiger partial charge in [0.1, 0.15) is 0 Å². The molecule has 0 radical (unpaired) electrons. The molecule has 4 saturated carbocycles. The van der Waals surface area contributed by atoms with Gasteiger partial charge in [-0.05, 0) is 87.0 Å². The summed E-state index contributed by atoms with van der Waals surface area (Å²) in [5.74, 6) is 1.97. The summed E-state index contributed by atoms with van der Waals surface area (Å²) in [6.45, 7) is 0.537. The number of anilines is 1. The van der Waals surface area contributed by atoms with Gasteiger partial charge < -0.3 is 15.4 Å². The molecule has 6 nitrogen and oxygen atoms in total. The van der Waals surface area contributed by atoms with Crippen molar-refractivity contribution in [3.8, 4) is 0 Å². The van der Waals surface area contributed by atoms with E-state index in [-0.39, 0.29) is 17.2 Å². The highest BCUT2D eigenvalue weighted by molar-refractivity contribution is 5.93. The Labute approximate surface area is 171 Å². The van der Waals surface area contributed by atoms with E-state index in [2.05, 4.69) is 15.4 Å². The molecular weight excluding hydrogens is 368 g/mol. The maximum absolute atomic E-state index is 12.9. The molecule has 0 atom stereocenters. The highest BCUT2D eigenvalue weighted by Crippen LogP contribution is 2.60. The molecule has 5 rings (SSSR count). The third kappa shape index (κ3) is 4.31. The predicted molar refractivity (Wildman–Crippen MR) is 109 cm³/mol. The van der Waals surface area contributed by atoms with Crippen LogP contribution in [-0.4, -0.2) is 31.4 Å². The molecule has 2 N–H and O–H groups in total. The van der Waals surface area contributed by atoms with Crippen LogP contribution in [-0.2, 0) is 14.3 Å².